The van der Waals surface area contributed by atoms with Crippen molar-refractivity contribution in [2.75, 3.05) is 13.2 Å². The Labute approximate surface area is 66.7 Å². The summed E-state index contributed by atoms with van der Waals surface area (Å²) in [5.74, 6) is 0. The van der Waals surface area contributed by atoms with Gasteiger partial charge >= 0.3 is 0 Å². The SMILES string of the molecule is C=C/C(N)=C\C(=C/CN)CO. The summed E-state index contributed by atoms with van der Waals surface area (Å²) in [6, 6.07) is 0. The predicted molar refractivity (Wildman–Crippen MR) is 46.7 cm³/mol. The Morgan fingerprint density at radius 1 is 1.55 bits per heavy atom. The van der Waals surface area contributed by atoms with E-state index in [-0.39, 0.29) is 6.61 Å². The van der Waals surface area contributed by atoms with Crippen molar-refractivity contribution in [3.8, 4) is 0 Å². The van der Waals surface area contributed by atoms with Crippen LogP contribution in [0.15, 0.2) is 36.1 Å². The normalized spacial score (nSPS) is 13.3. The lowest BCUT2D eigenvalue weighted by molar-refractivity contribution is 0.334. The van der Waals surface area contributed by atoms with Crippen molar-refractivity contribution in [3.63, 3.8) is 0 Å². The molecule has 5 N–H and O–H groups in total. The van der Waals surface area contributed by atoms with Gasteiger partial charge in [-0.1, -0.05) is 12.7 Å². The summed E-state index contributed by atoms with van der Waals surface area (Å²) in [4.78, 5) is 0. The summed E-state index contributed by atoms with van der Waals surface area (Å²) in [7, 11) is 0. The minimum absolute atomic E-state index is 0.0499. The molecule has 0 rings (SSSR count). The van der Waals surface area contributed by atoms with Crippen molar-refractivity contribution in [2.45, 2.75) is 0 Å². The van der Waals surface area contributed by atoms with Crippen LogP contribution in [0.1, 0.15) is 0 Å². The van der Waals surface area contributed by atoms with E-state index < -0.39 is 0 Å². The maximum absolute atomic E-state index is 8.74. The average Bonchev–Trinajstić information content (AvgIpc) is 2.03. The minimum atomic E-state index is -0.0499. The molecule has 3 nitrogen and oxygen atoms in total. The zero-order chi connectivity index (χ0) is 8.69. The Hall–Kier alpha value is -1.06. The van der Waals surface area contributed by atoms with E-state index in [0.29, 0.717) is 17.8 Å². The molecule has 0 atom stereocenters. The highest BCUT2D eigenvalue weighted by atomic mass is 16.3. The molecule has 0 aliphatic rings. The minimum Gasteiger partial charge on any atom is -0.399 e. The van der Waals surface area contributed by atoms with Gasteiger partial charge in [0.25, 0.3) is 0 Å². The Balaban J connectivity index is 4.28. The van der Waals surface area contributed by atoms with Crippen LogP contribution in [0.2, 0.25) is 0 Å². The van der Waals surface area contributed by atoms with Crippen LogP contribution in [-0.4, -0.2) is 18.3 Å². The summed E-state index contributed by atoms with van der Waals surface area (Å²) in [6.45, 7) is 3.82. The number of hydrogen-bond acceptors (Lipinski definition) is 3. The molecule has 3 heteroatoms. The van der Waals surface area contributed by atoms with Gasteiger partial charge in [-0.25, -0.2) is 0 Å². The molecule has 0 aromatic rings. The van der Waals surface area contributed by atoms with E-state index in [1.54, 1.807) is 12.2 Å². The molecule has 0 bridgehead atoms. The number of aliphatic hydroxyl groups excluding tert-OH is 1. The van der Waals surface area contributed by atoms with E-state index in [9.17, 15) is 0 Å². The number of hydrogen-bond donors (Lipinski definition) is 3. The molecular weight excluding hydrogens is 140 g/mol. The largest absolute Gasteiger partial charge is 0.399 e. The molecule has 0 saturated carbocycles. The van der Waals surface area contributed by atoms with Gasteiger partial charge in [0, 0.05) is 12.2 Å². The van der Waals surface area contributed by atoms with Crippen molar-refractivity contribution in [3.05, 3.63) is 36.1 Å². The second kappa shape index (κ2) is 5.70. The fourth-order valence-electron chi connectivity index (χ4n) is 0.593. The Morgan fingerprint density at radius 2 is 2.18 bits per heavy atom. The van der Waals surface area contributed by atoms with E-state index in [0.717, 1.165) is 0 Å². The summed E-state index contributed by atoms with van der Waals surface area (Å²) in [6.07, 6.45) is 4.86. The van der Waals surface area contributed by atoms with Crippen molar-refractivity contribution in [1.82, 2.24) is 0 Å². The molecule has 0 aliphatic carbocycles. The van der Waals surface area contributed by atoms with Crippen LogP contribution in [0.5, 0.6) is 0 Å². The second-order valence-electron chi connectivity index (χ2n) is 2.02. The van der Waals surface area contributed by atoms with E-state index >= 15 is 0 Å². The van der Waals surface area contributed by atoms with Crippen LogP contribution in [0.25, 0.3) is 0 Å². The number of nitrogens with two attached hydrogens (primary N) is 2. The van der Waals surface area contributed by atoms with Gasteiger partial charge in [0.1, 0.15) is 0 Å². The lowest BCUT2D eigenvalue weighted by atomic mass is 10.2. The monoisotopic (exact) mass is 154 g/mol. The van der Waals surface area contributed by atoms with Crippen molar-refractivity contribution in [2.24, 2.45) is 11.5 Å². The van der Waals surface area contributed by atoms with Gasteiger partial charge in [-0.15, -0.1) is 0 Å². The summed E-state index contributed by atoms with van der Waals surface area (Å²) < 4.78 is 0. The summed E-state index contributed by atoms with van der Waals surface area (Å²) >= 11 is 0. The first-order chi connectivity index (χ1) is 5.24. The molecule has 0 aromatic heterocycles. The Bertz CT molecular complexity index is 183. The predicted octanol–water partition coefficient (Wildman–Crippen LogP) is -0.108. The highest BCUT2D eigenvalue weighted by Gasteiger charge is 1.89. The first-order valence-corrected chi connectivity index (χ1v) is 3.34. The smallest absolute Gasteiger partial charge is 0.0680 e. The third kappa shape index (κ3) is 4.36. The van der Waals surface area contributed by atoms with Crippen molar-refractivity contribution >= 4 is 0 Å². The lowest BCUT2D eigenvalue weighted by Crippen LogP contribution is -2.00. The molecule has 62 valence electrons. The first-order valence-electron chi connectivity index (χ1n) is 3.34. The van der Waals surface area contributed by atoms with Crippen LogP contribution in [0, 0.1) is 0 Å². The fourth-order valence-corrected chi connectivity index (χ4v) is 0.593. The van der Waals surface area contributed by atoms with Gasteiger partial charge < -0.3 is 16.6 Å². The number of aliphatic hydroxyl groups is 1. The van der Waals surface area contributed by atoms with Gasteiger partial charge in [-0.2, -0.15) is 0 Å². The highest BCUT2D eigenvalue weighted by Crippen LogP contribution is 1.97. The third-order valence-electron chi connectivity index (χ3n) is 1.15. The van der Waals surface area contributed by atoms with Crippen LogP contribution in [-0.2, 0) is 0 Å². The Kier molecular flexibility index (Phi) is 5.15. The molecule has 0 radical (unpaired) electrons. The summed E-state index contributed by atoms with van der Waals surface area (Å²) in [5.41, 5.74) is 11.9. The highest BCUT2D eigenvalue weighted by molar-refractivity contribution is 5.27. The van der Waals surface area contributed by atoms with Crippen LogP contribution in [0.3, 0.4) is 0 Å². The van der Waals surface area contributed by atoms with Crippen molar-refractivity contribution in [1.29, 1.82) is 0 Å². The Morgan fingerprint density at radius 3 is 2.55 bits per heavy atom. The maximum Gasteiger partial charge on any atom is 0.0680 e. The molecule has 0 saturated heterocycles. The van der Waals surface area contributed by atoms with Crippen LogP contribution < -0.4 is 11.5 Å². The van der Waals surface area contributed by atoms with Gasteiger partial charge in [-0.05, 0) is 17.7 Å². The molecular formula is C8H14N2O. The average molecular weight is 154 g/mol. The standard InChI is InChI=1S/C8H14N2O/c1-2-8(10)5-7(6-11)3-4-9/h2-3,5,11H,1,4,6,9-10H2/b7-3+,8-5+. The quantitative estimate of drug-likeness (QED) is 0.495. The van der Waals surface area contributed by atoms with Gasteiger partial charge in [0.15, 0.2) is 0 Å². The number of rotatable bonds is 4. The fraction of sp³-hybridized carbons (Fsp3) is 0.250. The summed E-state index contributed by atoms with van der Waals surface area (Å²) in [5, 5.41) is 8.74. The maximum atomic E-state index is 8.74. The second-order valence-corrected chi connectivity index (χ2v) is 2.02. The van der Waals surface area contributed by atoms with Crippen molar-refractivity contribution < 1.29 is 5.11 Å². The van der Waals surface area contributed by atoms with Crippen LogP contribution >= 0.6 is 0 Å². The lowest BCUT2D eigenvalue weighted by Gasteiger charge is -1.96. The molecule has 0 amide bonds. The van der Waals surface area contributed by atoms with E-state index in [2.05, 4.69) is 6.58 Å². The van der Waals surface area contributed by atoms with Gasteiger partial charge in [-0.3, -0.25) is 0 Å². The molecule has 0 spiro atoms. The van der Waals surface area contributed by atoms with E-state index in [4.69, 9.17) is 16.6 Å². The van der Waals surface area contributed by atoms with E-state index in [1.807, 2.05) is 0 Å². The van der Waals surface area contributed by atoms with Gasteiger partial charge in [0.05, 0.1) is 6.61 Å². The zero-order valence-electron chi connectivity index (χ0n) is 6.46. The molecule has 0 unspecified atom stereocenters. The topological polar surface area (TPSA) is 72.3 Å². The molecule has 0 heterocycles. The molecule has 0 fully saturated rings. The third-order valence-corrected chi connectivity index (χ3v) is 1.15. The molecule has 0 aromatic carbocycles. The molecule has 11 heavy (non-hydrogen) atoms. The zero-order valence-corrected chi connectivity index (χ0v) is 6.46. The first kappa shape index (κ1) is 9.94. The van der Waals surface area contributed by atoms with Crippen LogP contribution in [0.4, 0.5) is 0 Å². The van der Waals surface area contributed by atoms with Gasteiger partial charge in [0.2, 0.25) is 0 Å². The number of allylic oxidation sites excluding steroid dienone is 1. The van der Waals surface area contributed by atoms with E-state index in [1.165, 1.54) is 6.08 Å². The molecule has 0 aliphatic heterocycles.